The van der Waals surface area contributed by atoms with Crippen LogP contribution in [-0.2, 0) is 6.54 Å². The molecule has 16 heavy (non-hydrogen) atoms. The van der Waals surface area contributed by atoms with E-state index in [0.717, 1.165) is 15.7 Å². The van der Waals surface area contributed by atoms with Crippen LogP contribution in [0.5, 0.6) is 0 Å². The maximum atomic E-state index is 6.20. The van der Waals surface area contributed by atoms with Gasteiger partial charge in [0.1, 0.15) is 5.15 Å². The first-order valence-electron chi connectivity index (χ1n) is 5.02. The summed E-state index contributed by atoms with van der Waals surface area (Å²) in [5.41, 5.74) is 3.21. The number of aromatic nitrogens is 2. The molecule has 0 saturated carbocycles. The molecule has 1 heterocycles. The smallest absolute Gasteiger partial charge is 0.130 e. The number of halogens is 2. The van der Waals surface area contributed by atoms with Gasteiger partial charge in [0.2, 0.25) is 0 Å². The van der Waals surface area contributed by atoms with Gasteiger partial charge in [-0.3, -0.25) is 0 Å². The van der Waals surface area contributed by atoms with Crippen LogP contribution in [-0.4, -0.2) is 9.78 Å². The van der Waals surface area contributed by atoms with Crippen molar-refractivity contribution in [3.8, 4) is 0 Å². The summed E-state index contributed by atoms with van der Waals surface area (Å²) >= 11 is 9.72. The van der Waals surface area contributed by atoms with Crippen LogP contribution in [0, 0.1) is 13.8 Å². The van der Waals surface area contributed by atoms with Crippen molar-refractivity contribution in [1.29, 1.82) is 0 Å². The number of benzene rings is 1. The van der Waals surface area contributed by atoms with Crippen LogP contribution in [0.15, 0.2) is 28.7 Å². The van der Waals surface area contributed by atoms with Gasteiger partial charge in [-0.15, -0.1) is 0 Å². The van der Waals surface area contributed by atoms with Gasteiger partial charge in [0.05, 0.1) is 12.2 Å². The summed E-state index contributed by atoms with van der Waals surface area (Å²) in [5.74, 6) is 0. The molecule has 0 aliphatic carbocycles. The van der Waals surface area contributed by atoms with E-state index in [0.29, 0.717) is 11.7 Å². The van der Waals surface area contributed by atoms with E-state index >= 15 is 0 Å². The van der Waals surface area contributed by atoms with Crippen LogP contribution in [0.3, 0.4) is 0 Å². The van der Waals surface area contributed by atoms with Gasteiger partial charge in [0, 0.05) is 10.0 Å². The number of hydrogen-bond donors (Lipinski definition) is 0. The van der Waals surface area contributed by atoms with Crippen molar-refractivity contribution < 1.29 is 0 Å². The quantitative estimate of drug-likeness (QED) is 0.820. The average molecular weight is 300 g/mol. The molecule has 0 bridgehead atoms. The Hall–Kier alpha value is -0.800. The normalized spacial score (nSPS) is 10.8. The van der Waals surface area contributed by atoms with Crippen LogP contribution in [0.4, 0.5) is 0 Å². The molecule has 0 spiro atoms. The van der Waals surface area contributed by atoms with Gasteiger partial charge in [0.15, 0.2) is 0 Å². The number of rotatable bonds is 2. The minimum Gasteiger partial charge on any atom is -0.249 e. The molecule has 4 heteroatoms. The summed E-state index contributed by atoms with van der Waals surface area (Å²) in [5, 5.41) is 5.13. The first-order chi connectivity index (χ1) is 7.59. The lowest BCUT2D eigenvalue weighted by Crippen LogP contribution is -2.02. The zero-order valence-corrected chi connectivity index (χ0v) is 11.5. The Morgan fingerprint density at radius 2 is 2.00 bits per heavy atom. The first-order valence-corrected chi connectivity index (χ1v) is 6.19. The summed E-state index contributed by atoms with van der Waals surface area (Å²) < 4.78 is 2.91. The second-order valence-corrected chi connectivity index (χ2v) is 4.96. The van der Waals surface area contributed by atoms with E-state index in [1.165, 1.54) is 5.56 Å². The van der Waals surface area contributed by atoms with Gasteiger partial charge in [-0.1, -0.05) is 45.7 Å². The molecule has 1 aromatic carbocycles. The van der Waals surface area contributed by atoms with Crippen molar-refractivity contribution in [3.63, 3.8) is 0 Å². The summed E-state index contributed by atoms with van der Waals surface area (Å²) in [6, 6.07) is 8.09. The summed E-state index contributed by atoms with van der Waals surface area (Å²) in [6.07, 6.45) is 0. The molecule has 2 aromatic rings. The molecule has 84 valence electrons. The van der Waals surface area contributed by atoms with E-state index in [2.05, 4.69) is 27.1 Å². The minimum atomic E-state index is 0.689. The van der Waals surface area contributed by atoms with Gasteiger partial charge in [0.25, 0.3) is 0 Å². The van der Waals surface area contributed by atoms with Crippen molar-refractivity contribution >= 4 is 27.5 Å². The third kappa shape index (κ3) is 2.15. The lowest BCUT2D eigenvalue weighted by atomic mass is 10.2. The largest absolute Gasteiger partial charge is 0.249 e. The Balaban J connectivity index is 2.34. The van der Waals surface area contributed by atoms with Gasteiger partial charge >= 0.3 is 0 Å². The van der Waals surface area contributed by atoms with Crippen LogP contribution < -0.4 is 0 Å². The molecule has 0 N–H and O–H groups in total. The van der Waals surface area contributed by atoms with Gasteiger partial charge in [-0.2, -0.15) is 5.10 Å². The highest BCUT2D eigenvalue weighted by Crippen LogP contribution is 2.22. The fourth-order valence-corrected chi connectivity index (χ4v) is 2.18. The van der Waals surface area contributed by atoms with Crippen molar-refractivity contribution in [2.24, 2.45) is 0 Å². The second kappa shape index (κ2) is 4.60. The maximum Gasteiger partial charge on any atom is 0.130 e. The van der Waals surface area contributed by atoms with Crippen molar-refractivity contribution in [3.05, 3.63) is 50.7 Å². The fourth-order valence-electron chi connectivity index (χ4n) is 1.54. The topological polar surface area (TPSA) is 17.8 Å². The Bertz CT molecular complexity index is 520. The zero-order chi connectivity index (χ0) is 11.7. The number of hydrogen-bond acceptors (Lipinski definition) is 1. The van der Waals surface area contributed by atoms with Gasteiger partial charge in [-0.05, 0) is 25.5 Å². The van der Waals surface area contributed by atoms with Gasteiger partial charge < -0.3 is 0 Å². The van der Waals surface area contributed by atoms with Crippen molar-refractivity contribution in [2.75, 3.05) is 0 Å². The molecule has 0 aliphatic heterocycles. The van der Waals surface area contributed by atoms with E-state index in [4.69, 9.17) is 11.6 Å². The third-order valence-corrected chi connectivity index (χ3v) is 3.88. The lowest BCUT2D eigenvalue weighted by Gasteiger charge is -2.05. The van der Waals surface area contributed by atoms with E-state index in [1.807, 2.05) is 36.7 Å². The molecule has 0 fully saturated rings. The summed E-state index contributed by atoms with van der Waals surface area (Å²) in [7, 11) is 0. The molecule has 0 amide bonds. The number of nitrogens with zero attached hydrogens (tertiary/aromatic N) is 2. The highest BCUT2D eigenvalue weighted by atomic mass is 79.9. The van der Waals surface area contributed by atoms with E-state index in [1.54, 1.807) is 0 Å². The van der Waals surface area contributed by atoms with Crippen LogP contribution in [0.25, 0.3) is 0 Å². The fraction of sp³-hybridized carbons (Fsp3) is 0.250. The highest BCUT2D eigenvalue weighted by Gasteiger charge is 2.10. The predicted octanol–water partition coefficient (Wildman–Crippen LogP) is 3.96. The summed E-state index contributed by atoms with van der Waals surface area (Å²) in [6.45, 7) is 4.65. The average Bonchev–Trinajstić information content (AvgIpc) is 2.50. The molecule has 2 nitrogen and oxygen atoms in total. The van der Waals surface area contributed by atoms with E-state index in [-0.39, 0.29) is 0 Å². The Morgan fingerprint density at radius 3 is 2.56 bits per heavy atom. The van der Waals surface area contributed by atoms with Crippen molar-refractivity contribution in [2.45, 2.75) is 20.4 Å². The van der Waals surface area contributed by atoms with Crippen LogP contribution in [0.1, 0.15) is 16.8 Å². The van der Waals surface area contributed by atoms with Crippen LogP contribution in [0.2, 0.25) is 5.15 Å². The SMILES string of the molecule is Cc1nn(Cc2ccccc2Br)c(Cl)c1C. The van der Waals surface area contributed by atoms with E-state index < -0.39 is 0 Å². The lowest BCUT2D eigenvalue weighted by molar-refractivity contribution is 0.678. The standard InChI is InChI=1S/C12H12BrClN2/c1-8-9(2)15-16(12(8)14)7-10-5-3-4-6-11(10)13/h3-6H,7H2,1-2H3. The Labute approximate surface area is 108 Å². The minimum absolute atomic E-state index is 0.689. The van der Waals surface area contributed by atoms with Crippen LogP contribution >= 0.6 is 27.5 Å². The zero-order valence-electron chi connectivity index (χ0n) is 9.17. The monoisotopic (exact) mass is 298 g/mol. The molecular weight excluding hydrogens is 288 g/mol. The van der Waals surface area contributed by atoms with Crippen molar-refractivity contribution in [1.82, 2.24) is 9.78 Å². The first kappa shape index (κ1) is 11.7. The molecule has 2 rings (SSSR count). The van der Waals surface area contributed by atoms with E-state index in [9.17, 15) is 0 Å². The Kier molecular flexibility index (Phi) is 3.36. The highest BCUT2D eigenvalue weighted by molar-refractivity contribution is 9.10. The molecule has 0 unspecified atom stereocenters. The molecule has 1 aromatic heterocycles. The molecule has 0 aliphatic rings. The molecule has 0 atom stereocenters. The van der Waals surface area contributed by atoms with Gasteiger partial charge in [-0.25, -0.2) is 4.68 Å². The third-order valence-electron chi connectivity index (χ3n) is 2.63. The second-order valence-electron chi connectivity index (χ2n) is 3.75. The maximum absolute atomic E-state index is 6.20. The molecule has 0 radical (unpaired) electrons. The number of aryl methyl sites for hydroxylation is 1. The predicted molar refractivity (Wildman–Crippen MR) is 70.0 cm³/mol. The Morgan fingerprint density at radius 1 is 1.31 bits per heavy atom. The molecular formula is C12H12BrClN2. The molecule has 0 saturated heterocycles. The summed E-state index contributed by atoms with van der Waals surface area (Å²) in [4.78, 5) is 0.